The zero-order valence-corrected chi connectivity index (χ0v) is 21.1. The van der Waals surface area contributed by atoms with Crippen LogP contribution < -0.4 is 10.1 Å². The van der Waals surface area contributed by atoms with E-state index in [1.54, 1.807) is 18.2 Å². The normalized spacial score (nSPS) is 31.3. The standard InChI is InChI=1S/C24H35ClN2O4S/c1-5-27(6-2)32(29,30)19-7-8-21(31-16(3)4)20(10-19)26-22(28)23-11-17-9-18(12-23)14-24(25,13-17)15-23/h7-8,10,16-18H,5-6,9,11-15H2,1-4H3,(H,26,28). The van der Waals surface area contributed by atoms with Crippen LogP contribution in [-0.4, -0.2) is 42.7 Å². The highest BCUT2D eigenvalue weighted by atomic mass is 35.5. The van der Waals surface area contributed by atoms with E-state index in [1.165, 1.54) is 10.7 Å². The van der Waals surface area contributed by atoms with Crippen LogP contribution in [0.4, 0.5) is 5.69 Å². The molecule has 4 bridgehead atoms. The summed E-state index contributed by atoms with van der Waals surface area (Å²) in [5.41, 5.74) is -0.0643. The smallest absolute Gasteiger partial charge is 0.243 e. The van der Waals surface area contributed by atoms with E-state index in [1.807, 2.05) is 27.7 Å². The third kappa shape index (κ3) is 4.28. The van der Waals surface area contributed by atoms with Gasteiger partial charge in [-0.2, -0.15) is 4.31 Å². The van der Waals surface area contributed by atoms with Gasteiger partial charge in [0.15, 0.2) is 0 Å². The lowest BCUT2D eigenvalue weighted by Crippen LogP contribution is -2.57. The summed E-state index contributed by atoms with van der Waals surface area (Å²) in [5, 5.41) is 3.07. The fraction of sp³-hybridized carbons (Fsp3) is 0.708. The quantitative estimate of drug-likeness (QED) is 0.528. The van der Waals surface area contributed by atoms with Gasteiger partial charge in [-0.3, -0.25) is 4.79 Å². The Labute approximate surface area is 197 Å². The molecule has 2 atom stereocenters. The number of hydrogen-bond donors (Lipinski definition) is 1. The Kier molecular flexibility index (Phi) is 6.31. The van der Waals surface area contributed by atoms with Crippen molar-refractivity contribution in [1.82, 2.24) is 4.31 Å². The van der Waals surface area contributed by atoms with Crippen molar-refractivity contribution in [3.05, 3.63) is 18.2 Å². The van der Waals surface area contributed by atoms with Crippen molar-refractivity contribution >= 4 is 33.2 Å². The van der Waals surface area contributed by atoms with Gasteiger partial charge in [0.1, 0.15) is 5.75 Å². The van der Waals surface area contributed by atoms with Gasteiger partial charge >= 0.3 is 0 Å². The van der Waals surface area contributed by atoms with E-state index in [-0.39, 0.29) is 21.8 Å². The van der Waals surface area contributed by atoms with E-state index in [0.717, 1.165) is 25.7 Å². The number of benzene rings is 1. The number of nitrogens with one attached hydrogen (secondary N) is 1. The van der Waals surface area contributed by atoms with Crippen LogP contribution in [0.25, 0.3) is 0 Å². The van der Waals surface area contributed by atoms with Crippen LogP contribution in [0, 0.1) is 17.3 Å². The first kappa shape index (κ1) is 23.8. The average Bonchev–Trinajstić information content (AvgIpc) is 2.67. The highest BCUT2D eigenvalue weighted by molar-refractivity contribution is 7.89. The average molecular weight is 483 g/mol. The van der Waals surface area contributed by atoms with Gasteiger partial charge in [0.05, 0.1) is 22.1 Å². The molecule has 0 heterocycles. The minimum Gasteiger partial charge on any atom is -0.489 e. The summed E-state index contributed by atoms with van der Waals surface area (Å²) in [6, 6.07) is 4.74. The number of carbonyl (C=O) groups excluding carboxylic acids is 1. The van der Waals surface area contributed by atoms with Crippen molar-refractivity contribution in [3.8, 4) is 5.75 Å². The number of hydrogen-bond acceptors (Lipinski definition) is 4. The third-order valence-electron chi connectivity index (χ3n) is 7.38. The molecular formula is C24H35ClN2O4S. The van der Waals surface area contributed by atoms with Crippen LogP contribution in [0.3, 0.4) is 0 Å². The molecule has 4 aliphatic rings. The lowest BCUT2D eigenvalue weighted by Gasteiger charge is -2.59. The van der Waals surface area contributed by atoms with Gasteiger partial charge < -0.3 is 10.1 Å². The summed E-state index contributed by atoms with van der Waals surface area (Å²) >= 11 is 6.93. The Bertz CT molecular complexity index is 976. The summed E-state index contributed by atoms with van der Waals surface area (Å²) in [6.07, 6.45) is 5.48. The number of carbonyl (C=O) groups is 1. The summed E-state index contributed by atoms with van der Waals surface area (Å²) < 4.78 is 33.5. The molecule has 0 radical (unpaired) electrons. The molecule has 178 valence electrons. The molecule has 6 nitrogen and oxygen atoms in total. The molecule has 0 aromatic heterocycles. The highest BCUT2D eigenvalue weighted by Gasteiger charge is 2.60. The Morgan fingerprint density at radius 2 is 1.81 bits per heavy atom. The molecular weight excluding hydrogens is 448 g/mol. The second-order valence-corrected chi connectivity index (χ2v) is 13.0. The van der Waals surface area contributed by atoms with Crippen molar-refractivity contribution < 1.29 is 17.9 Å². The molecule has 0 aliphatic heterocycles. The Hall–Kier alpha value is -1.31. The summed E-state index contributed by atoms with van der Waals surface area (Å²) in [5.74, 6) is 1.43. The third-order valence-corrected chi connectivity index (χ3v) is 9.86. The van der Waals surface area contributed by atoms with Crippen molar-refractivity contribution in [2.24, 2.45) is 17.3 Å². The topological polar surface area (TPSA) is 75.7 Å². The number of ether oxygens (including phenoxy) is 1. The van der Waals surface area contributed by atoms with Gasteiger partial charge in [-0.15, -0.1) is 11.6 Å². The Morgan fingerprint density at radius 1 is 1.19 bits per heavy atom. The molecule has 2 unspecified atom stereocenters. The Morgan fingerprint density at radius 3 is 2.34 bits per heavy atom. The molecule has 0 spiro atoms. The molecule has 0 saturated heterocycles. The minimum atomic E-state index is -3.65. The summed E-state index contributed by atoms with van der Waals surface area (Å²) in [6.45, 7) is 8.21. The largest absolute Gasteiger partial charge is 0.489 e. The van der Waals surface area contributed by atoms with Crippen molar-refractivity contribution in [3.63, 3.8) is 0 Å². The van der Waals surface area contributed by atoms with Crippen LogP contribution in [0.1, 0.15) is 66.2 Å². The SMILES string of the molecule is CCN(CC)S(=O)(=O)c1ccc(OC(C)C)c(NC(=O)C23CC4CC(CC(Cl)(C4)C2)C3)c1. The predicted molar refractivity (Wildman–Crippen MR) is 127 cm³/mol. The monoisotopic (exact) mass is 482 g/mol. The molecule has 4 saturated carbocycles. The first-order chi connectivity index (χ1) is 15.0. The van der Waals surface area contributed by atoms with Gasteiger partial charge in [0.25, 0.3) is 0 Å². The van der Waals surface area contributed by atoms with E-state index in [2.05, 4.69) is 5.32 Å². The molecule has 1 amide bonds. The molecule has 8 heteroatoms. The second-order valence-electron chi connectivity index (χ2n) is 10.3. The number of amides is 1. The minimum absolute atomic E-state index is 0.0531. The van der Waals surface area contributed by atoms with Gasteiger partial charge in [-0.05, 0) is 82.4 Å². The van der Waals surface area contributed by atoms with E-state index < -0.39 is 15.4 Å². The number of rotatable bonds is 8. The van der Waals surface area contributed by atoms with Crippen LogP contribution >= 0.6 is 11.6 Å². The number of sulfonamides is 1. The molecule has 4 aliphatic carbocycles. The number of halogens is 1. The number of anilines is 1. The maximum Gasteiger partial charge on any atom is 0.243 e. The van der Waals surface area contributed by atoms with Gasteiger partial charge in [0.2, 0.25) is 15.9 Å². The molecule has 32 heavy (non-hydrogen) atoms. The molecule has 1 aromatic carbocycles. The maximum absolute atomic E-state index is 13.7. The molecule has 5 rings (SSSR count). The number of nitrogens with zero attached hydrogens (tertiary/aromatic N) is 1. The first-order valence-corrected chi connectivity index (χ1v) is 13.6. The van der Waals surface area contributed by atoms with Crippen LogP contribution in [0.2, 0.25) is 0 Å². The predicted octanol–water partition coefficient (Wildman–Crippen LogP) is 5.02. The van der Waals surface area contributed by atoms with E-state index >= 15 is 0 Å². The lowest BCUT2D eigenvalue weighted by molar-refractivity contribution is -0.138. The molecule has 1 N–H and O–H groups in total. The van der Waals surface area contributed by atoms with E-state index in [9.17, 15) is 13.2 Å². The fourth-order valence-electron chi connectivity index (χ4n) is 6.51. The zero-order chi connectivity index (χ0) is 23.3. The van der Waals surface area contributed by atoms with Crippen LogP contribution in [-0.2, 0) is 14.8 Å². The lowest BCUT2D eigenvalue weighted by atomic mass is 9.49. The van der Waals surface area contributed by atoms with Crippen molar-refractivity contribution in [2.75, 3.05) is 18.4 Å². The fourth-order valence-corrected chi connectivity index (χ4v) is 8.68. The van der Waals surface area contributed by atoms with Crippen molar-refractivity contribution in [1.29, 1.82) is 0 Å². The maximum atomic E-state index is 13.7. The number of alkyl halides is 1. The van der Waals surface area contributed by atoms with Gasteiger partial charge in [0, 0.05) is 18.0 Å². The van der Waals surface area contributed by atoms with E-state index in [4.69, 9.17) is 16.3 Å². The Balaban J connectivity index is 1.66. The zero-order valence-electron chi connectivity index (χ0n) is 19.5. The molecule has 4 fully saturated rings. The van der Waals surface area contributed by atoms with Gasteiger partial charge in [-0.1, -0.05) is 13.8 Å². The van der Waals surface area contributed by atoms with E-state index in [0.29, 0.717) is 42.8 Å². The molecule has 1 aromatic rings. The van der Waals surface area contributed by atoms with Gasteiger partial charge in [-0.25, -0.2) is 8.42 Å². The van der Waals surface area contributed by atoms with Crippen molar-refractivity contribution in [2.45, 2.75) is 82.1 Å². The van der Waals surface area contributed by atoms with Crippen LogP contribution in [0.15, 0.2) is 23.1 Å². The second kappa shape index (κ2) is 8.48. The highest BCUT2D eigenvalue weighted by Crippen LogP contribution is 2.64. The summed E-state index contributed by atoms with van der Waals surface area (Å²) in [7, 11) is -3.65. The first-order valence-electron chi connectivity index (χ1n) is 11.8. The van der Waals surface area contributed by atoms with Crippen LogP contribution in [0.5, 0.6) is 5.75 Å². The summed E-state index contributed by atoms with van der Waals surface area (Å²) in [4.78, 5) is 13.6.